The topological polar surface area (TPSA) is 3.24 Å². The molecular weight excluding hydrogens is 336 g/mol. The minimum absolute atomic E-state index is 0.131. The molecule has 0 N–H and O–H groups in total. The first-order valence-corrected chi connectivity index (χ1v) is 7.88. The number of benzene rings is 1. The molecule has 0 amide bonds. The van der Waals surface area contributed by atoms with E-state index in [9.17, 15) is 8.78 Å². The van der Waals surface area contributed by atoms with Gasteiger partial charge in [-0.2, -0.15) is 0 Å². The maximum absolute atomic E-state index is 14.0. The van der Waals surface area contributed by atoms with Crippen molar-refractivity contribution < 1.29 is 8.78 Å². The maximum atomic E-state index is 14.0. The highest BCUT2D eigenvalue weighted by atomic mass is 79.9. The molecule has 0 atom stereocenters. The molecule has 0 radical (unpaired) electrons. The van der Waals surface area contributed by atoms with Crippen molar-refractivity contribution in [3.8, 4) is 0 Å². The molecule has 0 saturated heterocycles. The van der Waals surface area contributed by atoms with Gasteiger partial charge in [0.05, 0.1) is 4.47 Å². The van der Waals surface area contributed by atoms with E-state index in [0.29, 0.717) is 22.9 Å². The number of halogens is 4. The average molecular weight is 353 g/mol. The molecule has 1 fully saturated rings. The summed E-state index contributed by atoms with van der Waals surface area (Å²) in [5, 5.41) is 0. The summed E-state index contributed by atoms with van der Waals surface area (Å²) in [5.74, 6) is -0.510. The fourth-order valence-electron chi connectivity index (χ4n) is 2.69. The number of alkyl halides is 1. The molecular formula is C14H17BrClF2N. The summed E-state index contributed by atoms with van der Waals surface area (Å²) in [4.78, 5) is 2.11. The van der Waals surface area contributed by atoms with Crippen LogP contribution in [0.25, 0.3) is 0 Å². The third kappa shape index (κ3) is 3.67. The van der Waals surface area contributed by atoms with Crippen LogP contribution in [-0.2, 0) is 6.54 Å². The third-order valence-corrected chi connectivity index (χ3v) is 4.49. The lowest BCUT2D eigenvalue weighted by Crippen LogP contribution is -2.35. The molecule has 106 valence electrons. The Kier molecular flexibility index (Phi) is 5.60. The molecule has 1 aliphatic carbocycles. The molecule has 0 heterocycles. The Hall–Kier alpha value is -0.190. The number of hydrogen-bond donors (Lipinski definition) is 0. The van der Waals surface area contributed by atoms with Crippen LogP contribution in [0.4, 0.5) is 8.78 Å². The average Bonchev–Trinajstić information content (AvgIpc) is 2.92. The highest BCUT2D eigenvalue weighted by Crippen LogP contribution is 2.28. The Morgan fingerprint density at radius 1 is 1.26 bits per heavy atom. The zero-order valence-corrected chi connectivity index (χ0v) is 13.0. The first kappa shape index (κ1) is 15.2. The van der Waals surface area contributed by atoms with Crippen LogP contribution in [0.15, 0.2) is 16.6 Å². The van der Waals surface area contributed by atoms with E-state index in [0.717, 1.165) is 12.8 Å². The lowest BCUT2D eigenvalue weighted by atomic mass is 10.1. The zero-order valence-electron chi connectivity index (χ0n) is 10.6. The first-order valence-electron chi connectivity index (χ1n) is 6.56. The largest absolute Gasteiger partial charge is 0.295 e. The second kappa shape index (κ2) is 7.00. The van der Waals surface area contributed by atoms with E-state index in [1.54, 1.807) is 0 Å². The van der Waals surface area contributed by atoms with Gasteiger partial charge in [0.15, 0.2) is 0 Å². The van der Waals surface area contributed by atoms with Crippen molar-refractivity contribution in [2.45, 2.75) is 38.3 Å². The van der Waals surface area contributed by atoms with E-state index in [2.05, 4.69) is 20.8 Å². The van der Waals surface area contributed by atoms with Crippen LogP contribution in [-0.4, -0.2) is 23.4 Å². The second-order valence-electron chi connectivity index (χ2n) is 4.92. The van der Waals surface area contributed by atoms with Gasteiger partial charge in [-0.05, 0) is 40.9 Å². The van der Waals surface area contributed by atoms with Crippen molar-refractivity contribution in [1.29, 1.82) is 0 Å². The van der Waals surface area contributed by atoms with Crippen LogP contribution < -0.4 is 0 Å². The lowest BCUT2D eigenvalue weighted by molar-refractivity contribution is 0.196. The van der Waals surface area contributed by atoms with Gasteiger partial charge in [-0.25, -0.2) is 8.78 Å². The Labute approximate surface area is 126 Å². The SMILES string of the molecule is Fc1ccc(Br)c(F)c1CN(CCCl)C1CCCC1. The minimum atomic E-state index is -0.502. The van der Waals surface area contributed by atoms with Gasteiger partial charge in [-0.3, -0.25) is 4.90 Å². The molecule has 0 bridgehead atoms. The van der Waals surface area contributed by atoms with Crippen molar-refractivity contribution in [1.82, 2.24) is 4.90 Å². The Balaban J connectivity index is 2.18. The standard InChI is InChI=1S/C14H17BrClF2N/c15-12-5-6-13(17)11(14(12)18)9-19(8-7-16)10-3-1-2-4-10/h5-6,10H,1-4,7-9H2. The van der Waals surface area contributed by atoms with Gasteiger partial charge in [0.1, 0.15) is 11.6 Å². The van der Waals surface area contributed by atoms with Crippen molar-refractivity contribution in [2.24, 2.45) is 0 Å². The van der Waals surface area contributed by atoms with Crippen LogP contribution in [0.5, 0.6) is 0 Å². The zero-order chi connectivity index (χ0) is 13.8. The molecule has 5 heteroatoms. The van der Waals surface area contributed by atoms with E-state index >= 15 is 0 Å². The third-order valence-electron chi connectivity index (χ3n) is 3.71. The summed E-state index contributed by atoms with van der Waals surface area (Å²) in [6, 6.07) is 3.10. The molecule has 0 spiro atoms. The predicted octanol–water partition coefficient (Wildman–Crippen LogP) is 4.71. The monoisotopic (exact) mass is 351 g/mol. The van der Waals surface area contributed by atoms with E-state index in [4.69, 9.17) is 11.6 Å². The Bertz CT molecular complexity index is 436. The Morgan fingerprint density at radius 2 is 1.95 bits per heavy atom. The summed E-state index contributed by atoms with van der Waals surface area (Å²) in [7, 11) is 0. The van der Waals surface area contributed by atoms with Crippen molar-refractivity contribution in [3.63, 3.8) is 0 Å². The molecule has 1 aliphatic rings. The van der Waals surface area contributed by atoms with Gasteiger partial charge in [0.2, 0.25) is 0 Å². The molecule has 1 aromatic rings. The van der Waals surface area contributed by atoms with Crippen molar-refractivity contribution in [3.05, 3.63) is 33.8 Å². The van der Waals surface area contributed by atoms with Crippen LogP contribution in [0, 0.1) is 11.6 Å². The highest BCUT2D eigenvalue weighted by Gasteiger charge is 2.24. The summed E-state index contributed by atoms with van der Waals surface area (Å²) >= 11 is 8.92. The molecule has 19 heavy (non-hydrogen) atoms. The number of hydrogen-bond acceptors (Lipinski definition) is 1. The predicted molar refractivity (Wildman–Crippen MR) is 77.4 cm³/mol. The maximum Gasteiger partial charge on any atom is 0.144 e. The normalized spacial score (nSPS) is 16.5. The molecule has 1 nitrogen and oxygen atoms in total. The number of rotatable bonds is 5. The second-order valence-corrected chi connectivity index (χ2v) is 6.15. The van der Waals surface area contributed by atoms with E-state index in [1.165, 1.54) is 25.0 Å². The summed E-state index contributed by atoms with van der Waals surface area (Å²) < 4.78 is 28.1. The van der Waals surface area contributed by atoms with Gasteiger partial charge in [0, 0.05) is 30.6 Å². The van der Waals surface area contributed by atoms with E-state index in [1.807, 2.05) is 0 Å². The van der Waals surface area contributed by atoms with Gasteiger partial charge >= 0.3 is 0 Å². The lowest BCUT2D eigenvalue weighted by Gasteiger charge is -2.28. The van der Waals surface area contributed by atoms with Crippen molar-refractivity contribution in [2.75, 3.05) is 12.4 Å². The highest BCUT2D eigenvalue weighted by molar-refractivity contribution is 9.10. The van der Waals surface area contributed by atoms with Gasteiger partial charge in [0.25, 0.3) is 0 Å². The van der Waals surface area contributed by atoms with E-state index < -0.39 is 11.6 Å². The van der Waals surface area contributed by atoms with Gasteiger partial charge in [-0.15, -0.1) is 11.6 Å². The minimum Gasteiger partial charge on any atom is -0.295 e. The fraction of sp³-hybridized carbons (Fsp3) is 0.571. The molecule has 0 aromatic heterocycles. The summed E-state index contributed by atoms with van der Waals surface area (Å²) in [5.41, 5.74) is 0.131. The van der Waals surface area contributed by atoms with Crippen LogP contribution >= 0.6 is 27.5 Å². The molecule has 1 aromatic carbocycles. The summed E-state index contributed by atoms with van der Waals surface area (Å²) in [6.45, 7) is 0.951. The van der Waals surface area contributed by atoms with Gasteiger partial charge < -0.3 is 0 Å². The van der Waals surface area contributed by atoms with Crippen LogP contribution in [0.1, 0.15) is 31.2 Å². The smallest absolute Gasteiger partial charge is 0.144 e. The van der Waals surface area contributed by atoms with Crippen LogP contribution in [0.2, 0.25) is 0 Å². The fourth-order valence-corrected chi connectivity index (χ4v) is 3.27. The van der Waals surface area contributed by atoms with E-state index in [-0.39, 0.29) is 12.1 Å². The summed E-state index contributed by atoms with van der Waals surface area (Å²) in [6.07, 6.45) is 4.56. The molecule has 1 saturated carbocycles. The van der Waals surface area contributed by atoms with Gasteiger partial charge in [-0.1, -0.05) is 12.8 Å². The molecule has 0 aliphatic heterocycles. The van der Waals surface area contributed by atoms with Crippen molar-refractivity contribution >= 4 is 27.5 Å². The Morgan fingerprint density at radius 3 is 2.58 bits per heavy atom. The first-order chi connectivity index (χ1) is 9.13. The van der Waals surface area contributed by atoms with Crippen LogP contribution in [0.3, 0.4) is 0 Å². The quantitative estimate of drug-likeness (QED) is 0.548. The molecule has 2 rings (SSSR count). The number of nitrogens with zero attached hydrogens (tertiary/aromatic N) is 1. The molecule has 0 unspecified atom stereocenters.